The summed E-state index contributed by atoms with van der Waals surface area (Å²) in [6.07, 6.45) is 11.2. The van der Waals surface area contributed by atoms with Gasteiger partial charge in [0.25, 0.3) is 0 Å². The average molecular weight is 207 g/mol. The van der Waals surface area contributed by atoms with E-state index in [1.165, 1.54) is 38.5 Å². The molecule has 1 fully saturated rings. The lowest BCUT2D eigenvalue weighted by atomic mass is 9.74. The molecule has 0 aromatic heterocycles. The lowest BCUT2D eigenvalue weighted by Gasteiger charge is -2.28. The molecule has 1 unspecified atom stereocenters. The Labute approximate surface area is 94.9 Å². The predicted octanol–water partition coefficient (Wildman–Crippen LogP) is 4.68. The smallest absolute Gasteiger partial charge is 0.0689 e. The van der Waals surface area contributed by atoms with Crippen molar-refractivity contribution in [1.29, 1.82) is 5.26 Å². The minimum Gasteiger partial charge on any atom is -0.198 e. The maximum Gasteiger partial charge on any atom is 0.0689 e. The summed E-state index contributed by atoms with van der Waals surface area (Å²) in [5.74, 6) is 0.729. The molecule has 0 spiro atoms. The van der Waals surface area contributed by atoms with Crippen LogP contribution in [0.4, 0.5) is 0 Å². The first-order valence-corrected chi connectivity index (χ1v) is 6.64. The molecular weight excluding hydrogens is 182 g/mol. The van der Waals surface area contributed by atoms with E-state index in [2.05, 4.69) is 19.9 Å². The first-order chi connectivity index (χ1) is 7.22. The Morgan fingerprint density at radius 1 is 1.20 bits per heavy atom. The molecule has 0 heterocycles. The van der Waals surface area contributed by atoms with Gasteiger partial charge in [0.1, 0.15) is 0 Å². The van der Waals surface area contributed by atoms with Crippen molar-refractivity contribution in [3.63, 3.8) is 0 Å². The molecule has 0 aliphatic heterocycles. The van der Waals surface area contributed by atoms with E-state index < -0.39 is 0 Å². The van der Waals surface area contributed by atoms with Crippen LogP contribution in [0.3, 0.4) is 0 Å². The summed E-state index contributed by atoms with van der Waals surface area (Å²) in [6.45, 7) is 4.55. The van der Waals surface area contributed by atoms with Crippen LogP contribution in [0.1, 0.15) is 71.6 Å². The second-order valence-corrected chi connectivity index (χ2v) is 5.40. The Kier molecular flexibility index (Phi) is 5.15. The van der Waals surface area contributed by atoms with Crippen LogP contribution < -0.4 is 0 Å². The third-order valence-corrected chi connectivity index (χ3v) is 3.82. The fourth-order valence-electron chi connectivity index (χ4n) is 3.03. The summed E-state index contributed by atoms with van der Waals surface area (Å²) in [6, 6.07) is 2.65. The van der Waals surface area contributed by atoms with E-state index in [9.17, 15) is 5.26 Å². The van der Waals surface area contributed by atoms with E-state index in [-0.39, 0.29) is 5.41 Å². The second kappa shape index (κ2) is 6.16. The summed E-state index contributed by atoms with van der Waals surface area (Å²) in [4.78, 5) is 0. The van der Waals surface area contributed by atoms with Crippen molar-refractivity contribution in [3.8, 4) is 6.07 Å². The molecule has 15 heavy (non-hydrogen) atoms. The van der Waals surface area contributed by atoms with Crippen LogP contribution >= 0.6 is 0 Å². The molecule has 86 valence electrons. The van der Waals surface area contributed by atoms with Crippen molar-refractivity contribution in [2.45, 2.75) is 71.6 Å². The standard InChI is InChI=1S/C14H25N/c1-3-8-13(2)11-14(12-15)9-6-4-5-7-10-14/h13H,3-11H2,1-2H3. The van der Waals surface area contributed by atoms with E-state index >= 15 is 0 Å². The Bertz CT molecular complexity index is 206. The highest BCUT2D eigenvalue weighted by atomic mass is 14.4. The lowest BCUT2D eigenvalue weighted by Crippen LogP contribution is -2.21. The highest BCUT2D eigenvalue weighted by molar-refractivity contribution is 5.00. The highest BCUT2D eigenvalue weighted by Crippen LogP contribution is 2.40. The van der Waals surface area contributed by atoms with E-state index in [0.29, 0.717) is 0 Å². The van der Waals surface area contributed by atoms with Crippen molar-refractivity contribution in [2.24, 2.45) is 11.3 Å². The van der Waals surface area contributed by atoms with Gasteiger partial charge in [0, 0.05) is 0 Å². The lowest BCUT2D eigenvalue weighted by molar-refractivity contribution is 0.257. The Morgan fingerprint density at radius 3 is 2.27 bits per heavy atom. The number of hydrogen-bond acceptors (Lipinski definition) is 1. The minimum absolute atomic E-state index is 0.0328. The molecule has 1 saturated carbocycles. The third-order valence-electron chi connectivity index (χ3n) is 3.82. The Morgan fingerprint density at radius 2 is 1.80 bits per heavy atom. The largest absolute Gasteiger partial charge is 0.198 e. The van der Waals surface area contributed by atoms with Crippen LogP contribution in [-0.2, 0) is 0 Å². The zero-order valence-electron chi connectivity index (χ0n) is 10.4. The van der Waals surface area contributed by atoms with Crippen LogP contribution in [-0.4, -0.2) is 0 Å². The number of rotatable bonds is 4. The molecular formula is C14H25N. The third kappa shape index (κ3) is 3.86. The van der Waals surface area contributed by atoms with Crippen molar-refractivity contribution in [1.82, 2.24) is 0 Å². The van der Waals surface area contributed by atoms with Gasteiger partial charge in [0.2, 0.25) is 0 Å². The van der Waals surface area contributed by atoms with E-state index in [4.69, 9.17) is 0 Å². The van der Waals surface area contributed by atoms with E-state index in [1.54, 1.807) is 0 Å². The van der Waals surface area contributed by atoms with Crippen LogP contribution in [0.2, 0.25) is 0 Å². The molecule has 0 amide bonds. The van der Waals surface area contributed by atoms with E-state index in [0.717, 1.165) is 25.2 Å². The van der Waals surface area contributed by atoms with Crippen molar-refractivity contribution in [3.05, 3.63) is 0 Å². The topological polar surface area (TPSA) is 23.8 Å². The number of hydrogen-bond donors (Lipinski definition) is 0. The predicted molar refractivity (Wildman–Crippen MR) is 64.4 cm³/mol. The molecule has 1 atom stereocenters. The molecule has 1 rings (SSSR count). The summed E-state index contributed by atoms with van der Waals surface area (Å²) in [5.41, 5.74) is 0.0328. The van der Waals surface area contributed by atoms with Crippen LogP contribution in [0, 0.1) is 22.7 Å². The van der Waals surface area contributed by atoms with Gasteiger partial charge in [-0.15, -0.1) is 0 Å². The summed E-state index contributed by atoms with van der Waals surface area (Å²) < 4.78 is 0. The molecule has 1 heteroatoms. The summed E-state index contributed by atoms with van der Waals surface area (Å²) >= 11 is 0. The van der Waals surface area contributed by atoms with Gasteiger partial charge in [-0.1, -0.05) is 52.4 Å². The molecule has 1 aliphatic carbocycles. The van der Waals surface area contributed by atoms with Gasteiger partial charge < -0.3 is 0 Å². The van der Waals surface area contributed by atoms with Crippen LogP contribution in [0.15, 0.2) is 0 Å². The van der Waals surface area contributed by atoms with Gasteiger partial charge in [-0.3, -0.25) is 0 Å². The number of nitriles is 1. The van der Waals surface area contributed by atoms with E-state index in [1.807, 2.05) is 0 Å². The average Bonchev–Trinajstić information content (AvgIpc) is 2.44. The maximum absolute atomic E-state index is 9.43. The van der Waals surface area contributed by atoms with Gasteiger partial charge in [-0.2, -0.15) is 5.26 Å². The molecule has 0 N–H and O–H groups in total. The van der Waals surface area contributed by atoms with Gasteiger partial charge in [-0.25, -0.2) is 0 Å². The fourth-order valence-corrected chi connectivity index (χ4v) is 3.03. The first-order valence-electron chi connectivity index (χ1n) is 6.64. The fraction of sp³-hybridized carbons (Fsp3) is 0.929. The molecule has 0 radical (unpaired) electrons. The molecule has 0 bridgehead atoms. The molecule has 0 aromatic rings. The summed E-state index contributed by atoms with van der Waals surface area (Å²) in [5, 5.41) is 9.43. The van der Waals surface area contributed by atoms with Gasteiger partial charge in [0.15, 0.2) is 0 Å². The Hall–Kier alpha value is -0.510. The second-order valence-electron chi connectivity index (χ2n) is 5.40. The van der Waals surface area contributed by atoms with Crippen molar-refractivity contribution >= 4 is 0 Å². The van der Waals surface area contributed by atoms with Crippen molar-refractivity contribution in [2.75, 3.05) is 0 Å². The van der Waals surface area contributed by atoms with Gasteiger partial charge in [-0.05, 0) is 25.2 Å². The highest BCUT2D eigenvalue weighted by Gasteiger charge is 2.32. The van der Waals surface area contributed by atoms with Crippen LogP contribution in [0.25, 0.3) is 0 Å². The molecule has 1 aliphatic rings. The molecule has 1 nitrogen and oxygen atoms in total. The first kappa shape index (κ1) is 12.6. The zero-order valence-corrected chi connectivity index (χ0v) is 10.4. The van der Waals surface area contributed by atoms with Crippen molar-refractivity contribution < 1.29 is 0 Å². The Balaban J connectivity index is 2.54. The molecule has 0 saturated heterocycles. The monoisotopic (exact) mass is 207 g/mol. The minimum atomic E-state index is 0.0328. The van der Waals surface area contributed by atoms with Gasteiger partial charge in [0.05, 0.1) is 11.5 Å². The maximum atomic E-state index is 9.43. The SMILES string of the molecule is CCCC(C)CC1(C#N)CCCCCC1. The van der Waals surface area contributed by atoms with Gasteiger partial charge >= 0.3 is 0 Å². The summed E-state index contributed by atoms with van der Waals surface area (Å²) in [7, 11) is 0. The van der Waals surface area contributed by atoms with Crippen LogP contribution in [0.5, 0.6) is 0 Å². The quantitative estimate of drug-likeness (QED) is 0.614. The number of nitrogens with zero attached hydrogens (tertiary/aromatic N) is 1. The zero-order chi connectivity index (χ0) is 11.1. The molecule has 0 aromatic carbocycles. The normalized spacial score (nSPS) is 22.7.